The summed E-state index contributed by atoms with van der Waals surface area (Å²) in [6, 6.07) is 4.55. The fourth-order valence-electron chi connectivity index (χ4n) is 1.51. The maximum Gasteiger partial charge on any atom is 0.288 e. The van der Waals surface area contributed by atoms with Gasteiger partial charge >= 0.3 is 0 Å². The maximum atomic E-state index is 10.7. The Morgan fingerprint density at radius 2 is 2.24 bits per heavy atom. The van der Waals surface area contributed by atoms with Crippen LogP contribution in [0.25, 0.3) is 5.69 Å². The van der Waals surface area contributed by atoms with Crippen molar-refractivity contribution in [1.82, 2.24) is 9.78 Å². The molecule has 17 heavy (non-hydrogen) atoms. The van der Waals surface area contributed by atoms with Gasteiger partial charge < -0.3 is 5.73 Å². The minimum absolute atomic E-state index is 0.0738. The third-order valence-electron chi connectivity index (χ3n) is 2.32. The summed E-state index contributed by atoms with van der Waals surface area (Å²) in [5.74, 6) is 0.374. The van der Waals surface area contributed by atoms with Crippen molar-refractivity contribution in [2.24, 2.45) is 0 Å². The highest BCUT2D eigenvalue weighted by Crippen LogP contribution is 2.29. The van der Waals surface area contributed by atoms with Crippen molar-refractivity contribution in [3.8, 4) is 5.69 Å². The van der Waals surface area contributed by atoms with Crippen molar-refractivity contribution < 1.29 is 4.92 Å². The number of aryl methyl sites for hydroxylation is 1. The molecular weight excluding hydrogens is 244 g/mol. The number of benzene rings is 1. The smallest absolute Gasteiger partial charge is 0.288 e. The zero-order valence-electron chi connectivity index (χ0n) is 8.92. The molecule has 2 aromatic rings. The molecule has 1 heterocycles. The summed E-state index contributed by atoms with van der Waals surface area (Å²) in [7, 11) is 0. The predicted octanol–water partition coefficient (Wildman–Crippen LogP) is 2.32. The van der Waals surface area contributed by atoms with Crippen LogP contribution < -0.4 is 5.73 Å². The first-order chi connectivity index (χ1) is 7.99. The molecule has 1 aromatic carbocycles. The quantitative estimate of drug-likeness (QED) is 0.656. The summed E-state index contributed by atoms with van der Waals surface area (Å²) in [6.07, 6.45) is 1.67. The van der Waals surface area contributed by atoms with Crippen molar-refractivity contribution in [3.05, 3.63) is 45.1 Å². The highest BCUT2D eigenvalue weighted by Gasteiger charge is 2.16. The molecule has 0 fully saturated rings. The fourth-order valence-corrected chi connectivity index (χ4v) is 1.74. The number of nitrogens with zero attached hydrogens (tertiary/aromatic N) is 3. The van der Waals surface area contributed by atoms with E-state index in [1.807, 2.05) is 0 Å². The van der Waals surface area contributed by atoms with Gasteiger partial charge in [0.25, 0.3) is 5.69 Å². The van der Waals surface area contributed by atoms with Crippen LogP contribution in [0.15, 0.2) is 24.4 Å². The van der Waals surface area contributed by atoms with Gasteiger partial charge in [0.1, 0.15) is 10.8 Å². The molecule has 0 spiro atoms. The lowest BCUT2D eigenvalue weighted by molar-refractivity contribution is -0.384. The number of nitrogens with two attached hydrogens (primary N) is 1. The summed E-state index contributed by atoms with van der Waals surface area (Å²) >= 11 is 5.84. The number of nitro groups is 1. The number of anilines is 1. The van der Waals surface area contributed by atoms with Crippen LogP contribution in [0, 0.1) is 17.0 Å². The van der Waals surface area contributed by atoms with Crippen LogP contribution in [0.1, 0.15) is 5.56 Å². The van der Waals surface area contributed by atoms with Gasteiger partial charge in [-0.05, 0) is 18.6 Å². The normalized spacial score (nSPS) is 10.5. The molecule has 7 heteroatoms. The third kappa shape index (κ3) is 2.07. The number of hydrogen-bond acceptors (Lipinski definition) is 4. The Morgan fingerprint density at radius 1 is 1.53 bits per heavy atom. The van der Waals surface area contributed by atoms with E-state index in [-0.39, 0.29) is 10.7 Å². The molecule has 0 amide bonds. The molecule has 88 valence electrons. The van der Waals surface area contributed by atoms with Gasteiger partial charge in [-0.2, -0.15) is 5.10 Å². The molecule has 0 saturated heterocycles. The largest absolute Gasteiger partial charge is 0.382 e. The Hall–Kier alpha value is -2.08. The van der Waals surface area contributed by atoms with Crippen LogP contribution in [0.5, 0.6) is 0 Å². The molecule has 2 rings (SSSR count). The first-order valence-corrected chi connectivity index (χ1v) is 5.13. The molecule has 0 aliphatic carbocycles. The minimum atomic E-state index is -0.517. The van der Waals surface area contributed by atoms with Crippen molar-refractivity contribution in [2.75, 3.05) is 5.73 Å². The molecule has 0 atom stereocenters. The van der Waals surface area contributed by atoms with E-state index < -0.39 is 4.92 Å². The molecule has 1 aromatic heterocycles. The van der Waals surface area contributed by atoms with Crippen LogP contribution >= 0.6 is 11.6 Å². The average molecular weight is 253 g/mol. The number of nitrogen functional groups attached to an aromatic ring is 1. The Labute approximate surface area is 102 Å². The van der Waals surface area contributed by atoms with E-state index in [0.717, 1.165) is 0 Å². The molecule has 0 radical (unpaired) electrons. The number of aromatic nitrogens is 2. The topological polar surface area (TPSA) is 87.0 Å². The van der Waals surface area contributed by atoms with Crippen LogP contribution in [0.3, 0.4) is 0 Å². The summed E-state index contributed by atoms with van der Waals surface area (Å²) < 4.78 is 1.53. The number of nitro benzene ring substituents is 1. The standard InChI is InChI=1S/C10H9ClN4O2/c1-6-4-9(15(16)17)7(11)5-8(6)14-3-2-10(12)13-14/h2-5H,1H3,(H2,12,13). The molecule has 2 N–H and O–H groups in total. The lowest BCUT2D eigenvalue weighted by Crippen LogP contribution is -2.00. The van der Waals surface area contributed by atoms with Crippen molar-refractivity contribution in [3.63, 3.8) is 0 Å². The van der Waals surface area contributed by atoms with Gasteiger partial charge in [-0.25, -0.2) is 4.68 Å². The maximum absolute atomic E-state index is 10.7. The van der Waals surface area contributed by atoms with E-state index in [1.165, 1.54) is 16.8 Å². The fraction of sp³-hybridized carbons (Fsp3) is 0.100. The van der Waals surface area contributed by atoms with Gasteiger partial charge in [0.2, 0.25) is 0 Å². The number of hydrogen-bond donors (Lipinski definition) is 1. The highest BCUT2D eigenvalue weighted by molar-refractivity contribution is 6.32. The predicted molar refractivity (Wildman–Crippen MR) is 64.4 cm³/mol. The first kappa shape index (κ1) is 11.4. The van der Waals surface area contributed by atoms with Crippen molar-refractivity contribution in [1.29, 1.82) is 0 Å². The monoisotopic (exact) mass is 252 g/mol. The molecule has 0 bridgehead atoms. The highest BCUT2D eigenvalue weighted by atomic mass is 35.5. The molecular formula is C10H9ClN4O2. The second-order valence-electron chi connectivity index (χ2n) is 3.53. The van der Waals surface area contributed by atoms with Crippen molar-refractivity contribution >= 4 is 23.1 Å². The Morgan fingerprint density at radius 3 is 2.76 bits per heavy atom. The molecule has 6 nitrogen and oxygen atoms in total. The van der Waals surface area contributed by atoms with Gasteiger partial charge in [-0.3, -0.25) is 10.1 Å². The Kier molecular flexibility index (Phi) is 2.72. The molecule has 0 aliphatic rings. The molecule has 0 unspecified atom stereocenters. The van der Waals surface area contributed by atoms with Crippen LogP contribution in [-0.4, -0.2) is 14.7 Å². The first-order valence-electron chi connectivity index (χ1n) is 4.75. The summed E-state index contributed by atoms with van der Waals surface area (Å²) in [5.41, 5.74) is 6.75. The van der Waals surface area contributed by atoms with Gasteiger partial charge in [-0.15, -0.1) is 0 Å². The lowest BCUT2D eigenvalue weighted by Gasteiger charge is -2.06. The Bertz CT molecular complexity index is 594. The third-order valence-corrected chi connectivity index (χ3v) is 2.62. The van der Waals surface area contributed by atoms with Gasteiger partial charge in [-0.1, -0.05) is 11.6 Å². The second-order valence-corrected chi connectivity index (χ2v) is 3.94. The zero-order valence-corrected chi connectivity index (χ0v) is 9.68. The van der Waals surface area contributed by atoms with E-state index in [2.05, 4.69) is 5.10 Å². The van der Waals surface area contributed by atoms with Gasteiger partial charge in [0, 0.05) is 18.3 Å². The molecule has 0 saturated carbocycles. The summed E-state index contributed by atoms with van der Waals surface area (Å²) in [5, 5.41) is 14.8. The van der Waals surface area contributed by atoms with Crippen LogP contribution in [-0.2, 0) is 0 Å². The van der Waals surface area contributed by atoms with Gasteiger partial charge in [0.15, 0.2) is 0 Å². The summed E-state index contributed by atoms with van der Waals surface area (Å²) in [6.45, 7) is 1.75. The zero-order chi connectivity index (χ0) is 12.6. The van der Waals surface area contributed by atoms with Crippen molar-refractivity contribution in [2.45, 2.75) is 6.92 Å². The van der Waals surface area contributed by atoms with E-state index in [1.54, 1.807) is 19.2 Å². The molecule has 0 aliphatic heterocycles. The SMILES string of the molecule is Cc1cc([N+](=O)[O-])c(Cl)cc1-n1ccc(N)n1. The second kappa shape index (κ2) is 4.06. The van der Waals surface area contributed by atoms with E-state index in [9.17, 15) is 10.1 Å². The average Bonchev–Trinajstić information content (AvgIpc) is 2.67. The van der Waals surface area contributed by atoms with Crippen LogP contribution in [0.2, 0.25) is 5.02 Å². The number of rotatable bonds is 2. The number of halogens is 1. The van der Waals surface area contributed by atoms with Gasteiger partial charge in [0.05, 0.1) is 10.6 Å². The minimum Gasteiger partial charge on any atom is -0.382 e. The van der Waals surface area contributed by atoms with E-state index in [4.69, 9.17) is 17.3 Å². The van der Waals surface area contributed by atoms with Crippen LogP contribution in [0.4, 0.5) is 11.5 Å². The van der Waals surface area contributed by atoms with E-state index >= 15 is 0 Å². The Balaban J connectivity index is 2.57. The van der Waals surface area contributed by atoms with E-state index in [0.29, 0.717) is 17.1 Å². The summed E-state index contributed by atoms with van der Waals surface area (Å²) in [4.78, 5) is 10.2. The lowest BCUT2D eigenvalue weighted by atomic mass is 10.2.